The van der Waals surface area contributed by atoms with Crippen LogP contribution in [0.15, 0.2) is 69.6 Å². The number of fused-ring (bicyclic) bond motifs is 1. The number of nitrogens with zero attached hydrogens (tertiary/aromatic N) is 6. The van der Waals surface area contributed by atoms with Gasteiger partial charge >= 0.3 is 245 Å². The Balaban J connectivity index is 1.55. The summed E-state index contributed by atoms with van der Waals surface area (Å²) >= 11 is 4.88. The maximum absolute atomic E-state index is 14.1. The van der Waals surface area contributed by atoms with Crippen LogP contribution >= 0.6 is 12.1 Å². The molecule has 0 amide bonds. The maximum atomic E-state index is 14.1. The number of benzene rings is 3. The van der Waals surface area contributed by atoms with E-state index in [0.717, 1.165) is 61.2 Å². The molecule has 0 unspecified atom stereocenters. The summed E-state index contributed by atoms with van der Waals surface area (Å²) in [6, 6.07) is 17.1. The summed E-state index contributed by atoms with van der Waals surface area (Å²) in [5.74, 6) is 0.827. The topological polar surface area (TPSA) is 126 Å². The first-order chi connectivity index (χ1) is 26.2. The molecule has 298 valence electrons. The van der Waals surface area contributed by atoms with E-state index in [4.69, 9.17) is 37.0 Å². The van der Waals surface area contributed by atoms with Crippen LogP contribution in [0.5, 0.6) is 0 Å². The smallest absolute Gasteiger partial charge is 0.0376 e. The van der Waals surface area contributed by atoms with Crippen LogP contribution in [0, 0.1) is 24.7 Å². The van der Waals surface area contributed by atoms with Crippen molar-refractivity contribution >= 4 is 62.6 Å². The minimum Gasteiger partial charge on any atom is -0.0376 e. The van der Waals surface area contributed by atoms with Gasteiger partial charge in [-0.3, -0.25) is 0 Å². The molecule has 3 aromatic carbocycles. The summed E-state index contributed by atoms with van der Waals surface area (Å²) in [5, 5.41) is 9.65. The van der Waals surface area contributed by atoms with Crippen molar-refractivity contribution in [3.05, 3.63) is 77.1 Å². The van der Waals surface area contributed by atoms with Crippen molar-refractivity contribution in [2.24, 2.45) is 20.9 Å². The number of aryl methyl sites for hydroxylation is 2. The van der Waals surface area contributed by atoms with E-state index in [1.807, 2.05) is 12.1 Å². The average Bonchev–Trinajstić information content (AvgIpc) is 3.66. The van der Waals surface area contributed by atoms with Crippen molar-refractivity contribution in [3.8, 4) is 11.4 Å². The molecule has 11 nitrogen and oxygen atoms in total. The third kappa shape index (κ3) is 9.92. The van der Waals surface area contributed by atoms with Crippen molar-refractivity contribution in [2.45, 2.75) is 113 Å². The van der Waals surface area contributed by atoms with Gasteiger partial charge in [0.25, 0.3) is 0 Å². The molecule has 0 radical (unpaired) electrons. The molecule has 0 saturated carbocycles. The number of rotatable bonds is 15. The molecule has 14 heteroatoms. The van der Waals surface area contributed by atoms with Gasteiger partial charge in [0, 0.05) is 18.8 Å². The van der Waals surface area contributed by atoms with E-state index in [9.17, 15) is 8.42 Å². The Hall–Kier alpha value is -4.43. The zero-order valence-electron chi connectivity index (χ0n) is 35.0. The second-order valence-electron chi connectivity index (χ2n) is 17.6. The Bertz CT molecular complexity index is 2260. The first-order valence-corrected chi connectivity index (χ1v) is 21.3. The van der Waals surface area contributed by atoms with E-state index in [-0.39, 0.29) is 26.8 Å². The van der Waals surface area contributed by atoms with E-state index in [1.54, 1.807) is 31.2 Å². The summed E-state index contributed by atoms with van der Waals surface area (Å²) in [5.41, 5.74) is 9.54. The van der Waals surface area contributed by atoms with E-state index in [0.29, 0.717) is 34.2 Å². The first-order valence-electron chi connectivity index (χ1n) is 19.3. The predicted octanol–water partition coefficient (Wildman–Crippen LogP) is 10.2. The Labute approximate surface area is 339 Å². The molecule has 4 aromatic rings. The minimum absolute atomic E-state index is 0.0582. The molecular weight excluding hydrogens is 739 g/mol. The average molecular weight is 797 g/mol. The van der Waals surface area contributed by atoms with Crippen LogP contribution in [0.25, 0.3) is 11.4 Å². The van der Waals surface area contributed by atoms with Gasteiger partial charge < -0.3 is 4.90 Å². The number of aliphatic imine (C=N–C) groups is 1. The minimum atomic E-state index is -4.03. The summed E-state index contributed by atoms with van der Waals surface area (Å²) in [7, 11) is -4.03. The molecule has 2 N–H and O–H groups in total. The molecule has 1 aromatic heterocycles. The summed E-state index contributed by atoms with van der Waals surface area (Å²) in [6.07, 6.45) is 4.11. The summed E-state index contributed by atoms with van der Waals surface area (Å²) in [6.45, 7) is 27.4. The van der Waals surface area contributed by atoms with Gasteiger partial charge in [0.2, 0.25) is 0 Å². The molecule has 0 fully saturated rings. The first kappa shape index (κ1) is 42.7. The molecule has 1 aliphatic rings. The molecule has 56 heavy (non-hydrogen) atoms. The summed E-state index contributed by atoms with van der Waals surface area (Å²) in [4.78, 5) is 14.2. The van der Waals surface area contributed by atoms with Crippen molar-refractivity contribution in [2.75, 3.05) is 28.2 Å². The molecule has 0 bridgehead atoms. The fourth-order valence-electron chi connectivity index (χ4n) is 7.41. The molecule has 2 heterocycles. The Kier molecular flexibility index (Phi) is 12.6. The van der Waals surface area contributed by atoms with Gasteiger partial charge in [-0.05, 0) is 37.3 Å². The zero-order chi connectivity index (χ0) is 41.2. The number of hydrogen-bond acceptors (Lipinski definition) is 10. The van der Waals surface area contributed by atoms with E-state index >= 15 is 0 Å². The van der Waals surface area contributed by atoms with Gasteiger partial charge in [-0.25, -0.2) is 0 Å². The van der Waals surface area contributed by atoms with E-state index in [2.05, 4.69) is 109 Å². The standard InChI is InChI=1S/C42H57BN8O3S2/c1-13-19-50(20-14-2)33-17-18-34(28(4)21-33)44-36-37(41(8,9)10)46-51-39(36)45-38(47-51)29-22-31(48-54-43-55)25-32(23-29)49-56(52,53)35-24-30(16-15-27(35)3)42(11,12)26-40(5,6)7/h15-18,21-25,48-49H,13-14,19-20,26H2,1-12H3/b44-36-. The summed E-state index contributed by atoms with van der Waals surface area (Å²) < 4.78 is 36.3. The third-order valence-corrected chi connectivity index (χ3v) is 11.2. The second-order valence-corrected chi connectivity index (χ2v) is 19.4. The zero-order valence-corrected chi connectivity index (χ0v) is 36.7. The van der Waals surface area contributed by atoms with Crippen molar-refractivity contribution in [1.82, 2.24) is 14.9 Å². The number of anilines is 3. The van der Waals surface area contributed by atoms with Gasteiger partial charge in [0.05, 0.1) is 0 Å². The van der Waals surface area contributed by atoms with Crippen LogP contribution in [0.1, 0.15) is 111 Å². The fraction of sp³-hybridized carbons (Fsp3) is 0.476. The molecule has 0 atom stereocenters. The van der Waals surface area contributed by atoms with Crippen LogP contribution in [-0.2, 0) is 20.2 Å². The monoisotopic (exact) mass is 796 g/mol. The second kappa shape index (κ2) is 16.6. The van der Waals surface area contributed by atoms with Gasteiger partial charge in [-0.2, -0.15) is 0 Å². The third-order valence-electron chi connectivity index (χ3n) is 9.60. The SMILES string of the molecule is CCCN(CCC)c1ccc(/N=C2/C(C(C)(C)C)=Nn3nc(-c4cc(NOB=S)cc(NS(=O)(=O)c5cc(C(C)(C)CC(C)(C)C)ccc5C)c4)nc32)c(C)c1. The van der Waals surface area contributed by atoms with Crippen molar-refractivity contribution < 1.29 is 13.2 Å². The molecular formula is C42H57BN8O3S2. The predicted molar refractivity (Wildman–Crippen MR) is 235 cm³/mol. The number of aromatic nitrogens is 3. The Morgan fingerprint density at radius 1 is 0.893 bits per heavy atom. The molecule has 0 spiro atoms. The van der Waals surface area contributed by atoms with Gasteiger partial charge in [0.15, 0.2) is 0 Å². The van der Waals surface area contributed by atoms with E-state index < -0.39 is 10.0 Å². The fourth-order valence-corrected chi connectivity index (χ4v) is 8.77. The van der Waals surface area contributed by atoms with Crippen LogP contribution in [0.4, 0.5) is 22.7 Å². The van der Waals surface area contributed by atoms with E-state index in [1.165, 1.54) is 10.5 Å². The van der Waals surface area contributed by atoms with Crippen LogP contribution in [0.3, 0.4) is 0 Å². The molecule has 1 aliphatic heterocycles. The van der Waals surface area contributed by atoms with Gasteiger partial charge in [-0.1, -0.05) is 34.6 Å². The quantitative estimate of drug-likeness (QED) is 0.0900. The van der Waals surface area contributed by atoms with Crippen molar-refractivity contribution in [1.29, 1.82) is 0 Å². The van der Waals surface area contributed by atoms with Crippen molar-refractivity contribution in [3.63, 3.8) is 0 Å². The van der Waals surface area contributed by atoms with Gasteiger partial charge in [-0.15, -0.1) is 0 Å². The number of nitrogens with one attached hydrogen (secondary N) is 2. The molecule has 0 saturated heterocycles. The normalized spacial score (nSPS) is 14.0. The molecule has 5 rings (SSSR count). The van der Waals surface area contributed by atoms with Crippen LogP contribution in [0.2, 0.25) is 0 Å². The Morgan fingerprint density at radius 3 is 2.18 bits per heavy atom. The number of sulfonamides is 1. The van der Waals surface area contributed by atoms with Crippen LogP contribution in [-0.4, -0.2) is 54.2 Å². The number of hydrogen-bond donors (Lipinski definition) is 2. The Morgan fingerprint density at radius 2 is 1.57 bits per heavy atom. The molecule has 0 aliphatic carbocycles. The van der Waals surface area contributed by atoms with Crippen LogP contribution < -0.4 is 15.1 Å². The van der Waals surface area contributed by atoms with Gasteiger partial charge in [0.1, 0.15) is 0 Å².